The average Bonchev–Trinajstić information content (AvgIpc) is 2.90. The molecule has 0 fully saturated rings. The van der Waals surface area contributed by atoms with Gasteiger partial charge >= 0.3 is 0 Å². The number of nitrogens with zero attached hydrogens (tertiary/aromatic N) is 1. The number of allylic oxidation sites excluding steroid dienone is 1. The fourth-order valence-electron chi connectivity index (χ4n) is 3.56. The van der Waals surface area contributed by atoms with E-state index in [0.29, 0.717) is 40.9 Å². The molecule has 37 heavy (non-hydrogen) atoms. The van der Waals surface area contributed by atoms with Crippen LogP contribution >= 0.6 is 0 Å². The van der Waals surface area contributed by atoms with E-state index in [1.165, 1.54) is 13.2 Å². The third-order valence-electron chi connectivity index (χ3n) is 5.35. The third kappa shape index (κ3) is 7.64. The first-order chi connectivity index (χ1) is 18.0. The topological polar surface area (TPSA) is 89.8 Å². The van der Waals surface area contributed by atoms with E-state index in [1.807, 2.05) is 55.5 Å². The second kappa shape index (κ2) is 13.4. The lowest BCUT2D eigenvalue weighted by Crippen LogP contribution is -2.13. The minimum Gasteiger partial charge on any atom is -0.493 e. The van der Waals surface area contributed by atoms with E-state index in [2.05, 4.69) is 11.9 Å². The van der Waals surface area contributed by atoms with Gasteiger partial charge in [-0.1, -0.05) is 30.3 Å². The molecular formula is C30H30N2O5. The summed E-state index contributed by atoms with van der Waals surface area (Å²) in [5.41, 5.74) is 3.31. The molecule has 0 bridgehead atoms. The van der Waals surface area contributed by atoms with E-state index < -0.39 is 5.91 Å². The van der Waals surface area contributed by atoms with Gasteiger partial charge in [-0.15, -0.1) is 6.58 Å². The van der Waals surface area contributed by atoms with Crippen LogP contribution in [0.15, 0.2) is 78.9 Å². The molecule has 0 spiro atoms. The number of ether oxygens (including phenoxy) is 4. The molecule has 0 atom stereocenters. The minimum absolute atomic E-state index is 0.0290. The molecule has 1 amide bonds. The number of nitrogens with one attached hydrogen (secondary N) is 1. The molecule has 7 heteroatoms. The Labute approximate surface area is 217 Å². The van der Waals surface area contributed by atoms with E-state index in [4.69, 9.17) is 18.9 Å². The van der Waals surface area contributed by atoms with Crippen LogP contribution in [0.3, 0.4) is 0 Å². The van der Waals surface area contributed by atoms with Gasteiger partial charge in [0.25, 0.3) is 5.91 Å². The summed E-state index contributed by atoms with van der Waals surface area (Å²) in [6.07, 6.45) is 4.08. The molecule has 3 aromatic rings. The fourth-order valence-corrected chi connectivity index (χ4v) is 3.56. The fraction of sp³-hybridized carbons (Fsp3) is 0.200. The number of amides is 1. The number of rotatable bonds is 12. The summed E-state index contributed by atoms with van der Waals surface area (Å²) in [6.45, 7) is 6.24. The molecule has 1 N–H and O–H groups in total. The van der Waals surface area contributed by atoms with Crippen LogP contribution in [0.1, 0.15) is 16.7 Å². The van der Waals surface area contributed by atoms with Crippen molar-refractivity contribution < 1.29 is 23.7 Å². The first-order valence-corrected chi connectivity index (χ1v) is 11.7. The standard InChI is InChI=1S/C30H30N2O5/c1-5-7-22-10-12-26(28(18-22)34-3)36-14-15-37-27-13-11-23(19-29(27)35-4)17-24(20-31)30(33)32-25-9-6-8-21(2)16-25/h5-6,8-13,16-19H,1,7,14-15H2,2-4H3,(H,32,33). The van der Waals surface area contributed by atoms with Gasteiger partial charge in [-0.05, 0) is 72.5 Å². The van der Waals surface area contributed by atoms with Crippen molar-refractivity contribution in [3.8, 4) is 29.1 Å². The maximum atomic E-state index is 12.6. The Morgan fingerprint density at radius 2 is 1.62 bits per heavy atom. The monoisotopic (exact) mass is 498 g/mol. The summed E-state index contributed by atoms with van der Waals surface area (Å²) >= 11 is 0. The van der Waals surface area contributed by atoms with Crippen molar-refractivity contribution in [3.63, 3.8) is 0 Å². The highest BCUT2D eigenvalue weighted by Gasteiger charge is 2.12. The minimum atomic E-state index is -0.488. The number of carbonyl (C=O) groups is 1. The molecule has 190 valence electrons. The highest BCUT2D eigenvalue weighted by Crippen LogP contribution is 2.30. The van der Waals surface area contributed by atoms with Crippen molar-refractivity contribution >= 4 is 17.7 Å². The molecule has 3 rings (SSSR count). The van der Waals surface area contributed by atoms with Gasteiger partial charge in [-0.25, -0.2) is 0 Å². The van der Waals surface area contributed by atoms with Crippen LogP contribution in [-0.4, -0.2) is 33.3 Å². The molecule has 0 heterocycles. The van der Waals surface area contributed by atoms with Gasteiger partial charge in [0.15, 0.2) is 23.0 Å². The zero-order valence-corrected chi connectivity index (χ0v) is 21.2. The van der Waals surface area contributed by atoms with Gasteiger partial charge in [0.05, 0.1) is 14.2 Å². The van der Waals surface area contributed by atoms with Crippen LogP contribution in [0.25, 0.3) is 6.08 Å². The smallest absolute Gasteiger partial charge is 0.266 e. The Balaban J connectivity index is 1.63. The lowest BCUT2D eigenvalue weighted by atomic mass is 10.1. The Hall–Kier alpha value is -4.70. The van der Waals surface area contributed by atoms with Crippen molar-refractivity contribution in [1.82, 2.24) is 0 Å². The molecule has 0 aliphatic rings. The van der Waals surface area contributed by atoms with Gasteiger partial charge < -0.3 is 24.3 Å². The molecular weight excluding hydrogens is 468 g/mol. The number of aryl methyl sites for hydroxylation is 1. The largest absolute Gasteiger partial charge is 0.493 e. The first-order valence-electron chi connectivity index (χ1n) is 11.7. The van der Waals surface area contributed by atoms with Crippen molar-refractivity contribution in [2.24, 2.45) is 0 Å². The lowest BCUT2D eigenvalue weighted by Gasteiger charge is -2.14. The van der Waals surface area contributed by atoms with Crippen LogP contribution in [-0.2, 0) is 11.2 Å². The summed E-state index contributed by atoms with van der Waals surface area (Å²) in [4.78, 5) is 12.6. The Bertz CT molecular complexity index is 1320. The number of carbonyl (C=O) groups excluding carboxylic acids is 1. The number of hydrogen-bond donors (Lipinski definition) is 1. The van der Waals surface area contributed by atoms with Crippen LogP contribution in [0, 0.1) is 18.3 Å². The maximum absolute atomic E-state index is 12.6. The molecule has 0 aliphatic heterocycles. The molecule has 0 radical (unpaired) electrons. The highest BCUT2D eigenvalue weighted by molar-refractivity contribution is 6.09. The highest BCUT2D eigenvalue weighted by atomic mass is 16.5. The number of methoxy groups -OCH3 is 2. The molecule has 0 aliphatic carbocycles. The van der Waals surface area contributed by atoms with Gasteiger partial charge in [0, 0.05) is 5.69 Å². The van der Waals surface area contributed by atoms with Crippen molar-refractivity contribution in [3.05, 3.63) is 95.6 Å². The summed E-state index contributed by atoms with van der Waals surface area (Å²) in [5.74, 6) is 1.76. The second-order valence-corrected chi connectivity index (χ2v) is 8.08. The van der Waals surface area contributed by atoms with Gasteiger partial charge in [0.2, 0.25) is 0 Å². The van der Waals surface area contributed by atoms with Crippen molar-refractivity contribution in [1.29, 1.82) is 5.26 Å². The predicted octanol–water partition coefficient (Wildman–Crippen LogP) is 5.74. The summed E-state index contributed by atoms with van der Waals surface area (Å²) < 4.78 is 22.5. The molecule has 0 aromatic heterocycles. The zero-order chi connectivity index (χ0) is 26.6. The summed E-state index contributed by atoms with van der Waals surface area (Å²) in [7, 11) is 3.12. The van der Waals surface area contributed by atoms with Crippen molar-refractivity contribution in [2.45, 2.75) is 13.3 Å². The molecule has 0 saturated heterocycles. The van der Waals surface area contributed by atoms with E-state index in [1.54, 1.807) is 31.4 Å². The lowest BCUT2D eigenvalue weighted by molar-refractivity contribution is -0.112. The van der Waals surface area contributed by atoms with E-state index in [-0.39, 0.29) is 12.2 Å². The molecule has 0 saturated carbocycles. The van der Waals surface area contributed by atoms with E-state index in [9.17, 15) is 10.1 Å². The average molecular weight is 499 g/mol. The maximum Gasteiger partial charge on any atom is 0.266 e. The number of hydrogen-bond acceptors (Lipinski definition) is 6. The Morgan fingerprint density at radius 3 is 2.24 bits per heavy atom. The zero-order valence-electron chi connectivity index (χ0n) is 21.2. The summed E-state index contributed by atoms with van der Waals surface area (Å²) in [5, 5.41) is 12.3. The van der Waals surface area contributed by atoms with Gasteiger partial charge in [-0.2, -0.15) is 5.26 Å². The Kier molecular flexibility index (Phi) is 9.74. The number of anilines is 1. The predicted molar refractivity (Wildman–Crippen MR) is 144 cm³/mol. The number of nitriles is 1. The normalized spacial score (nSPS) is 10.7. The second-order valence-electron chi connectivity index (χ2n) is 8.08. The summed E-state index contributed by atoms with van der Waals surface area (Å²) in [6, 6.07) is 20.3. The van der Waals surface area contributed by atoms with Crippen LogP contribution < -0.4 is 24.3 Å². The van der Waals surface area contributed by atoms with Crippen LogP contribution in [0.4, 0.5) is 5.69 Å². The van der Waals surface area contributed by atoms with E-state index in [0.717, 1.165) is 17.5 Å². The quantitative estimate of drug-likeness (QED) is 0.148. The van der Waals surface area contributed by atoms with E-state index >= 15 is 0 Å². The molecule has 3 aromatic carbocycles. The Morgan fingerprint density at radius 1 is 0.946 bits per heavy atom. The molecule has 0 unspecified atom stereocenters. The first kappa shape index (κ1) is 26.9. The SMILES string of the molecule is C=CCc1ccc(OCCOc2ccc(C=C(C#N)C(=O)Nc3cccc(C)c3)cc2OC)c(OC)c1. The van der Waals surface area contributed by atoms with Crippen molar-refractivity contribution in [2.75, 3.05) is 32.8 Å². The third-order valence-corrected chi connectivity index (χ3v) is 5.35. The van der Waals surface area contributed by atoms with Crippen LogP contribution in [0.2, 0.25) is 0 Å². The van der Waals surface area contributed by atoms with Gasteiger partial charge in [-0.3, -0.25) is 4.79 Å². The number of benzene rings is 3. The van der Waals surface area contributed by atoms with Gasteiger partial charge in [0.1, 0.15) is 24.9 Å². The van der Waals surface area contributed by atoms with Crippen LogP contribution in [0.5, 0.6) is 23.0 Å². The molecule has 7 nitrogen and oxygen atoms in total.